The number of carbonyl (C=O) groups excluding carboxylic acids is 2. The largest absolute Gasteiger partial charge is 0.490 e. The number of hydrogen-bond donors (Lipinski definition) is 0. The highest BCUT2D eigenvalue weighted by molar-refractivity contribution is 5.76. The summed E-state index contributed by atoms with van der Waals surface area (Å²) in [5.74, 6) is -4.98. The van der Waals surface area contributed by atoms with Gasteiger partial charge in [0.05, 0.1) is 0 Å². The van der Waals surface area contributed by atoms with Crippen LogP contribution in [0.15, 0.2) is 0 Å². The fourth-order valence-electron chi connectivity index (χ4n) is 7.90. The lowest BCUT2D eigenvalue weighted by Gasteiger charge is -2.62. The van der Waals surface area contributed by atoms with Crippen molar-refractivity contribution in [1.82, 2.24) is 0 Å². The van der Waals surface area contributed by atoms with Crippen LogP contribution in [0, 0.1) is 34.5 Å². The molecule has 188 valence electrons. The van der Waals surface area contributed by atoms with Crippen LogP contribution in [-0.4, -0.2) is 36.5 Å². The Hall–Kier alpha value is -1.48. The molecule has 4 aliphatic carbocycles. The second-order valence-electron chi connectivity index (χ2n) is 10.9. The van der Waals surface area contributed by atoms with Gasteiger partial charge in [-0.25, -0.2) is 9.59 Å². The van der Waals surface area contributed by atoms with Crippen molar-refractivity contribution < 1.29 is 45.4 Å². The summed E-state index contributed by atoms with van der Waals surface area (Å²) >= 11 is 0. The molecule has 0 heterocycles. The van der Waals surface area contributed by atoms with Crippen molar-refractivity contribution in [3.8, 4) is 0 Å². The monoisotopic (exact) mass is 484 g/mol. The predicted octanol–water partition coefficient (Wildman–Crippen LogP) is 5.98. The molecule has 0 aromatic heterocycles. The first-order valence-corrected chi connectivity index (χ1v) is 11.7. The summed E-state index contributed by atoms with van der Waals surface area (Å²) in [6, 6.07) is 0. The van der Waals surface area contributed by atoms with E-state index in [4.69, 9.17) is 9.47 Å². The first-order chi connectivity index (χ1) is 15.2. The molecule has 0 amide bonds. The fourth-order valence-corrected chi connectivity index (χ4v) is 7.90. The van der Waals surface area contributed by atoms with Crippen molar-refractivity contribution in [3.05, 3.63) is 0 Å². The summed E-state index contributed by atoms with van der Waals surface area (Å²) in [5, 5.41) is 0. The van der Waals surface area contributed by atoms with Gasteiger partial charge in [0.25, 0.3) is 0 Å². The minimum Gasteiger partial charge on any atom is -0.455 e. The van der Waals surface area contributed by atoms with E-state index in [-0.39, 0.29) is 29.6 Å². The van der Waals surface area contributed by atoms with Crippen LogP contribution < -0.4 is 0 Å². The molecule has 0 radical (unpaired) electrons. The molecule has 4 fully saturated rings. The number of hydrogen-bond acceptors (Lipinski definition) is 4. The van der Waals surface area contributed by atoms with E-state index in [0.717, 1.165) is 25.7 Å². The molecular formula is C23H30F6O4. The van der Waals surface area contributed by atoms with Crippen LogP contribution in [0.3, 0.4) is 0 Å². The highest BCUT2D eigenvalue weighted by Crippen LogP contribution is 2.67. The Bertz CT molecular complexity index is 795. The molecule has 0 aromatic rings. The van der Waals surface area contributed by atoms with Crippen LogP contribution in [-0.2, 0) is 19.1 Å². The lowest BCUT2D eigenvalue weighted by molar-refractivity contribution is -0.230. The van der Waals surface area contributed by atoms with E-state index in [9.17, 15) is 35.9 Å². The molecule has 4 saturated carbocycles. The molecule has 0 N–H and O–H groups in total. The fraction of sp³-hybridized carbons (Fsp3) is 0.913. The molecule has 4 nitrogen and oxygen atoms in total. The third-order valence-electron chi connectivity index (χ3n) is 9.46. The average molecular weight is 484 g/mol. The molecule has 4 rings (SSSR count). The van der Waals surface area contributed by atoms with E-state index in [1.807, 2.05) is 0 Å². The van der Waals surface area contributed by atoms with Crippen LogP contribution in [0.4, 0.5) is 26.3 Å². The maximum absolute atomic E-state index is 13.1. The molecule has 10 heteroatoms. The summed E-state index contributed by atoms with van der Waals surface area (Å²) in [6.45, 7) is 3.95. The van der Waals surface area contributed by atoms with Crippen LogP contribution >= 0.6 is 0 Å². The Morgan fingerprint density at radius 3 is 2.00 bits per heavy atom. The molecule has 4 aliphatic rings. The summed E-state index contributed by atoms with van der Waals surface area (Å²) in [4.78, 5) is 23.3. The van der Waals surface area contributed by atoms with E-state index in [0.29, 0.717) is 25.7 Å². The first kappa shape index (κ1) is 24.6. The summed E-state index contributed by atoms with van der Waals surface area (Å²) in [7, 11) is 0. The maximum Gasteiger partial charge on any atom is 0.490 e. The van der Waals surface area contributed by atoms with E-state index in [2.05, 4.69) is 6.92 Å². The molecule has 0 bridgehead atoms. The second kappa shape index (κ2) is 8.04. The molecule has 0 spiro atoms. The zero-order valence-electron chi connectivity index (χ0n) is 18.7. The van der Waals surface area contributed by atoms with Gasteiger partial charge in [0.15, 0.2) is 0 Å². The SMILES string of the molecule is C[C@]12CCC3C(C1CC[C@@H]2OC(=O)C(F)(F)F)[C@@H](OC(=O)C(F)(F)F)C[C@H]1CCCC[C@]31C. The van der Waals surface area contributed by atoms with Gasteiger partial charge in [-0.05, 0) is 68.1 Å². The first-order valence-electron chi connectivity index (χ1n) is 11.7. The van der Waals surface area contributed by atoms with Gasteiger partial charge in [0.2, 0.25) is 0 Å². The average Bonchev–Trinajstić information content (AvgIpc) is 3.03. The third kappa shape index (κ3) is 4.13. The number of fused-ring (bicyclic) bond motifs is 5. The summed E-state index contributed by atoms with van der Waals surface area (Å²) in [6.07, 6.45) is -6.21. The lowest BCUT2D eigenvalue weighted by Crippen LogP contribution is -2.59. The zero-order chi connectivity index (χ0) is 24.4. The number of carbonyl (C=O) groups is 2. The number of esters is 2. The number of ether oxygens (including phenoxy) is 2. The lowest BCUT2D eigenvalue weighted by atomic mass is 9.44. The standard InChI is InChI=1S/C23H30F6O4/c1-20-9-4-3-5-12(20)11-15(32-18(30)22(24,25)26)17-13-6-7-16(33-19(31)23(27,28)29)21(13,2)10-8-14(17)20/h12-17H,3-11H2,1-2H3/t12-,13?,14?,15+,16+,17?,20+,21+/m1/s1. The Balaban J connectivity index is 1.65. The molecule has 8 atom stereocenters. The van der Waals surface area contributed by atoms with Gasteiger partial charge in [-0.3, -0.25) is 0 Å². The number of halogens is 6. The van der Waals surface area contributed by atoms with Crippen molar-refractivity contribution >= 4 is 11.9 Å². The van der Waals surface area contributed by atoms with Gasteiger partial charge in [-0.15, -0.1) is 0 Å². The quantitative estimate of drug-likeness (QED) is 0.358. The van der Waals surface area contributed by atoms with Crippen molar-refractivity contribution in [2.75, 3.05) is 0 Å². The summed E-state index contributed by atoms with van der Waals surface area (Å²) in [5.41, 5.74) is -0.908. The molecular weight excluding hydrogens is 454 g/mol. The van der Waals surface area contributed by atoms with Crippen LogP contribution in [0.5, 0.6) is 0 Å². The smallest absolute Gasteiger partial charge is 0.455 e. The molecule has 0 aromatic carbocycles. The van der Waals surface area contributed by atoms with Crippen molar-refractivity contribution in [1.29, 1.82) is 0 Å². The summed E-state index contributed by atoms with van der Waals surface area (Å²) < 4.78 is 87.7. The minimum absolute atomic E-state index is 0.0118. The predicted molar refractivity (Wildman–Crippen MR) is 104 cm³/mol. The van der Waals surface area contributed by atoms with Crippen molar-refractivity contribution in [2.45, 2.75) is 96.2 Å². The zero-order valence-corrected chi connectivity index (χ0v) is 18.7. The molecule has 33 heavy (non-hydrogen) atoms. The second-order valence-corrected chi connectivity index (χ2v) is 10.9. The van der Waals surface area contributed by atoms with Gasteiger partial charge >= 0.3 is 24.3 Å². The van der Waals surface area contributed by atoms with Crippen LogP contribution in [0.1, 0.15) is 71.6 Å². The minimum atomic E-state index is -5.11. The Kier molecular flexibility index (Phi) is 6.00. The Morgan fingerprint density at radius 2 is 1.36 bits per heavy atom. The van der Waals surface area contributed by atoms with Crippen LogP contribution in [0.2, 0.25) is 0 Å². The number of alkyl halides is 6. The normalized spacial score (nSPS) is 43.2. The highest BCUT2D eigenvalue weighted by Gasteiger charge is 2.64. The van der Waals surface area contributed by atoms with Crippen molar-refractivity contribution in [2.24, 2.45) is 34.5 Å². The van der Waals surface area contributed by atoms with Gasteiger partial charge in [0.1, 0.15) is 12.2 Å². The van der Waals surface area contributed by atoms with Gasteiger partial charge in [-0.1, -0.05) is 26.7 Å². The number of rotatable bonds is 2. The van der Waals surface area contributed by atoms with Crippen LogP contribution in [0.25, 0.3) is 0 Å². The van der Waals surface area contributed by atoms with E-state index in [1.54, 1.807) is 6.92 Å². The maximum atomic E-state index is 13.1. The molecule has 0 saturated heterocycles. The van der Waals surface area contributed by atoms with E-state index < -0.39 is 47.8 Å². The molecule has 3 unspecified atom stereocenters. The topological polar surface area (TPSA) is 52.6 Å². The Labute approximate surface area is 188 Å². The van der Waals surface area contributed by atoms with Gasteiger partial charge in [0, 0.05) is 11.3 Å². The van der Waals surface area contributed by atoms with Gasteiger partial charge < -0.3 is 9.47 Å². The molecule has 0 aliphatic heterocycles. The van der Waals surface area contributed by atoms with E-state index >= 15 is 0 Å². The highest BCUT2D eigenvalue weighted by atomic mass is 19.4. The van der Waals surface area contributed by atoms with Crippen molar-refractivity contribution in [3.63, 3.8) is 0 Å². The van der Waals surface area contributed by atoms with Gasteiger partial charge in [-0.2, -0.15) is 26.3 Å². The van der Waals surface area contributed by atoms with E-state index in [1.165, 1.54) is 0 Å². The third-order valence-corrected chi connectivity index (χ3v) is 9.46. The Morgan fingerprint density at radius 1 is 0.758 bits per heavy atom.